The van der Waals surface area contributed by atoms with Crippen molar-refractivity contribution >= 4 is 70.7 Å². The molecule has 1 fully saturated rings. The summed E-state index contributed by atoms with van der Waals surface area (Å²) in [6.45, 7) is 21.2. The molecule has 56 heavy (non-hydrogen) atoms. The average Bonchev–Trinajstić information content (AvgIpc) is 3.90. The van der Waals surface area contributed by atoms with E-state index < -0.39 is 11.9 Å². The van der Waals surface area contributed by atoms with Crippen LogP contribution >= 0.6 is 0 Å². The van der Waals surface area contributed by atoms with Gasteiger partial charge in [0.2, 0.25) is 0 Å². The maximum absolute atomic E-state index is 14.3. The van der Waals surface area contributed by atoms with E-state index in [-0.39, 0.29) is 59.7 Å². The number of nitrogens with zero attached hydrogens (tertiary/aromatic N) is 2. The molecule has 0 aromatic carbocycles. The molecule has 3 aliphatic rings. The van der Waals surface area contributed by atoms with E-state index in [9.17, 15) is 14.4 Å². The largest absolute Gasteiger partial charge is 2.00 e. The average molecular weight is 769 g/mol. The number of esters is 2. The minimum Gasteiger partial charge on any atom is -0.657 e. The zero-order chi connectivity index (χ0) is 39.7. The minimum absolute atomic E-state index is 0. The molecule has 10 heteroatoms. The molecule has 0 unspecified atom stereocenters. The van der Waals surface area contributed by atoms with Crippen LogP contribution in [0.1, 0.15) is 134 Å². The van der Waals surface area contributed by atoms with Crippen LogP contribution in [0.15, 0.2) is 29.6 Å². The van der Waals surface area contributed by atoms with Gasteiger partial charge >= 0.3 is 35.0 Å². The third kappa shape index (κ3) is 8.10. The van der Waals surface area contributed by atoms with Crippen LogP contribution in [0.5, 0.6) is 0 Å². The fourth-order valence-electron chi connectivity index (χ4n) is 8.49. The molecule has 3 aromatic heterocycles. The molecule has 2 aliphatic heterocycles. The Hall–Kier alpha value is -4.28. The van der Waals surface area contributed by atoms with Crippen LogP contribution in [0.4, 0.5) is 0 Å². The second-order valence-electron chi connectivity index (χ2n) is 15.6. The number of rotatable bonds is 13. The standard InChI is InChI=1S/C46H57N4O5.Mg/c1-11-24(4)15-14-16-25(5)19-20-55-39(51)18-17-32-28(8)35-21-33-26(6)30(12-2)37(47-33)22-34-27(7)31(13-3)38(48-34)23-36-29(9)40-44(50-36)41(43(32)49-35)42(45(40)52)46(53)54-10;/h12,19,21-24,28,32,42,48H,2,11,13-18,20H2,1,3-10H3,(H2,49,50,52);/q-1;+2/p-1/b25-19+,34-22-,35-21-,38-23-;/t24-,28+,32+,42-;/m1./s1. The third-order valence-electron chi connectivity index (χ3n) is 12.2. The van der Waals surface area contributed by atoms with Crippen molar-refractivity contribution in [3.8, 4) is 0 Å². The molecular weight excluding hydrogens is 713 g/mol. The van der Waals surface area contributed by atoms with Gasteiger partial charge in [0, 0.05) is 45.9 Å². The van der Waals surface area contributed by atoms with Crippen molar-refractivity contribution in [3.63, 3.8) is 0 Å². The molecule has 0 radical (unpaired) electrons. The number of Topliss-reactive ketones (excluding diaryl/α,β-unsaturated/α-hetero) is 1. The van der Waals surface area contributed by atoms with Crippen molar-refractivity contribution < 1.29 is 23.9 Å². The summed E-state index contributed by atoms with van der Waals surface area (Å²) in [5, 5.41) is 5.51. The van der Waals surface area contributed by atoms with Gasteiger partial charge in [0.25, 0.3) is 0 Å². The number of carbonyl (C=O) groups is 3. The number of aromatic amines is 1. The summed E-state index contributed by atoms with van der Waals surface area (Å²) in [5.41, 5.74) is 11.4. The maximum atomic E-state index is 14.3. The number of fused-ring (bicyclic) bond motifs is 7. The van der Waals surface area contributed by atoms with Crippen LogP contribution in [0.2, 0.25) is 0 Å². The first-order valence-electron chi connectivity index (χ1n) is 19.9. The van der Waals surface area contributed by atoms with E-state index in [1.165, 1.54) is 25.5 Å². The number of methoxy groups -OCH3 is 1. The van der Waals surface area contributed by atoms with Crippen LogP contribution in [-0.2, 0) is 25.5 Å². The van der Waals surface area contributed by atoms with Crippen molar-refractivity contribution in [2.24, 2.45) is 23.7 Å². The Labute approximate surface area is 347 Å². The van der Waals surface area contributed by atoms with Gasteiger partial charge in [0.05, 0.1) is 7.11 Å². The van der Waals surface area contributed by atoms with Gasteiger partial charge in [-0.05, 0) is 87.6 Å². The second kappa shape index (κ2) is 17.9. The Bertz CT molecular complexity index is 2260. The number of carbonyl (C=O) groups excluding carboxylic acids is 3. The van der Waals surface area contributed by atoms with E-state index >= 15 is 0 Å². The number of nitrogens with one attached hydrogen (secondary N) is 2. The molecule has 4 atom stereocenters. The minimum atomic E-state index is -1.18. The van der Waals surface area contributed by atoms with E-state index in [4.69, 9.17) is 19.4 Å². The molecule has 2 N–H and O–H groups in total. The summed E-state index contributed by atoms with van der Waals surface area (Å²) in [6.07, 6.45) is 15.9. The SMILES string of the molecule is C=Cc1c2[n-]c(c1C)/C=C1\N/C(=C3\c4[n-]c(c(C)c4C(=O)[C@@H]3C(=O)OC)/C=c3\[nH]/c(c(C)c3CC)=C\2)[C@@H](CCC(=O)OC/C=C(\C)CCC[C@H](C)CC)[C@@H]1C.[Mg+2]. The van der Waals surface area contributed by atoms with Gasteiger partial charge in [-0.15, -0.1) is 22.8 Å². The normalized spacial score (nSPS) is 22.5. The van der Waals surface area contributed by atoms with E-state index in [2.05, 4.69) is 64.5 Å². The molecule has 292 valence electrons. The van der Waals surface area contributed by atoms with Gasteiger partial charge in [0.15, 0.2) is 5.78 Å². The molecule has 9 nitrogen and oxygen atoms in total. The molecule has 5 heterocycles. The summed E-state index contributed by atoms with van der Waals surface area (Å²) < 4.78 is 11.0. The van der Waals surface area contributed by atoms with E-state index in [1.807, 2.05) is 38.2 Å². The number of allylic oxidation sites excluding steroid dienone is 3. The number of H-pyrrole nitrogens is 1. The van der Waals surface area contributed by atoms with Gasteiger partial charge < -0.3 is 29.7 Å². The van der Waals surface area contributed by atoms with Crippen molar-refractivity contribution in [3.05, 3.63) is 96.5 Å². The van der Waals surface area contributed by atoms with Crippen LogP contribution in [0, 0.1) is 44.4 Å². The van der Waals surface area contributed by atoms with Crippen LogP contribution in [-0.4, -0.2) is 59.5 Å². The summed E-state index contributed by atoms with van der Waals surface area (Å²) >= 11 is 0. The van der Waals surface area contributed by atoms with Crippen molar-refractivity contribution in [1.29, 1.82) is 0 Å². The molecule has 0 spiro atoms. The monoisotopic (exact) mass is 768 g/mol. The van der Waals surface area contributed by atoms with E-state index in [0.29, 0.717) is 46.1 Å². The second-order valence-corrected chi connectivity index (χ2v) is 15.6. The van der Waals surface area contributed by atoms with Crippen molar-refractivity contribution in [2.75, 3.05) is 13.7 Å². The molecular formula is C46H56MgN4O5. The number of aromatic nitrogens is 3. The van der Waals surface area contributed by atoms with Gasteiger partial charge in [-0.2, -0.15) is 0 Å². The molecule has 8 bridgehead atoms. The fraction of sp³-hybridized carbons (Fsp3) is 0.457. The van der Waals surface area contributed by atoms with Gasteiger partial charge in [-0.3, -0.25) is 14.4 Å². The van der Waals surface area contributed by atoms with Gasteiger partial charge in [-0.25, -0.2) is 0 Å². The molecule has 6 rings (SSSR count). The Kier molecular flexibility index (Phi) is 13.7. The number of ketones is 1. The van der Waals surface area contributed by atoms with Crippen molar-refractivity contribution in [1.82, 2.24) is 20.3 Å². The first-order valence-corrected chi connectivity index (χ1v) is 19.9. The van der Waals surface area contributed by atoms with Crippen LogP contribution in [0.3, 0.4) is 0 Å². The number of ether oxygens (including phenoxy) is 2. The fourth-order valence-corrected chi connectivity index (χ4v) is 8.49. The Morgan fingerprint density at radius 1 is 1.00 bits per heavy atom. The van der Waals surface area contributed by atoms with E-state index in [1.54, 1.807) is 0 Å². The number of hydrogen-bond acceptors (Lipinski definition) is 6. The zero-order valence-corrected chi connectivity index (χ0v) is 36.1. The summed E-state index contributed by atoms with van der Waals surface area (Å²) in [5.74, 6) is -2.09. The summed E-state index contributed by atoms with van der Waals surface area (Å²) in [7, 11) is 1.30. The quantitative estimate of drug-likeness (QED) is 0.0850. The molecule has 0 saturated carbocycles. The smallest absolute Gasteiger partial charge is 0.657 e. The molecule has 0 amide bonds. The Morgan fingerprint density at radius 2 is 1.71 bits per heavy atom. The van der Waals surface area contributed by atoms with Gasteiger partial charge in [-0.1, -0.05) is 88.1 Å². The topological polar surface area (TPSA) is 126 Å². The number of hydrogen-bond donors (Lipinski definition) is 2. The van der Waals surface area contributed by atoms with Crippen LogP contribution in [0.25, 0.3) is 29.9 Å². The van der Waals surface area contributed by atoms with Crippen LogP contribution < -0.4 is 26.0 Å². The first kappa shape index (κ1) is 42.9. The Morgan fingerprint density at radius 3 is 2.39 bits per heavy atom. The molecule has 1 saturated heterocycles. The predicted molar refractivity (Wildman–Crippen MR) is 224 cm³/mol. The third-order valence-corrected chi connectivity index (χ3v) is 12.2. The Balaban J connectivity index is 0.00000600. The summed E-state index contributed by atoms with van der Waals surface area (Å²) in [6, 6.07) is 0. The first-order chi connectivity index (χ1) is 26.3. The van der Waals surface area contributed by atoms with Gasteiger partial charge in [0.1, 0.15) is 12.5 Å². The molecule has 1 aliphatic carbocycles. The van der Waals surface area contributed by atoms with E-state index in [0.717, 1.165) is 69.3 Å². The zero-order valence-electron chi connectivity index (χ0n) is 34.7. The summed E-state index contributed by atoms with van der Waals surface area (Å²) in [4.78, 5) is 54.8. The predicted octanol–water partition coefficient (Wildman–Crippen LogP) is 6.73. The molecule has 3 aromatic rings. The van der Waals surface area contributed by atoms with Crippen molar-refractivity contribution in [2.45, 2.75) is 100 Å². The maximum Gasteiger partial charge on any atom is 2.00 e.